The van der Waals surface area contributed by atoms with Crippen LogP contribution in [-0.2, 0) is 0 Å². The van der Waals surface area contributed by atoms with Crippen LogP contribution in [0.15, 0.2) is 22.8 Å². The fourth-order valence-electron chi connectivity index (χ4n) is 5.05. The Labute approximate surface area is 137 Å². The zero-order valence-electron chi connectivity index (χ0n) is 14.8. The molecule has 3 aliphatic rings. The van der Waals surface area contributed by atoms with Gasteiger partial charge in [-0.2, -0.15) is 0 Å². The maximum absolute atomic E-state index is 6.71. The second-order valence-electron chi connectivity index (χ2n) is 8.20. The van der Waals surface area contributed by atoms with E-state index in [1.165, 1.54) is 76.2 Å². The van der Waals surface area contributed by atoms with Crippen molar-refractivity contribution in [3.05, 3.63) is 22.8 Å². The van der Waals surface area contributed by atoms with Gasteiger partial charge in [-0.1, -0.05) is 57.1 Å². The smallest absolute Gasteiger partial charge is 0.0378 e. The van der Waals surface area contributed by atoms with Crippen LogP contribution in [0.25, 0.3) is 0 Å². The first-order valence-electron chi connectivity index (χ1n) is 9.86. The summed E-state index contributed by atoms with van der Waals surface area (Å²) >= 11 is 0. The zero-order valence-corrected chi connectivity index (χ0v) is 14.8. The summed E-state index contributed by atoms with van der Waals surface area (Å²) in [5, 5.41) is 0. The van der Waals surface area contributed by atoms with Crippen molar-refractivity contribution in [1.82, 2.24) is 0 Å². The Bertz CT molecular complexity index is 443. The van der Waals surface area contributed by atoms with Gasteiger partial charge in [0.1, 0.15) is 0 Å². The molecule has 1 unspecified atom stereocenters. The van der Waals surface area contributed by atoms with Crippen molar-refractivity contribution in [2.45, 2.75) is 96.4 Å². The van der Waals surface area contributed by atoms with Crippen molar-refractivity contribution in [3.63, 3.8) is 0 Å². The summed E-state index contributed by atoms with van der Waals surface area (Å²) in [6, 6.07) is 0. The third kappa shape index (κ3) is 3.20. The molecular formula is C21H35N. The molecule has 0 aliphatic heterocycles. The van der Waals surface area contributed by atoms with Gasteiger partial charge in [0, 0.05) is 5.54 Å². The van der Waals surface area contributed by atoms with E-state index in [1.54, 1.807) is 5.57 Å². The molecule has 3 aliphatic carbocycles. The molecule has 1 heteroatoms. The molecule has 2 N–H and O–H groups in total. The first kappa shape index (κ1) is 16.3. The number of hydrogen-bond acceptors (Lipinski definition) is 1. The van der Waals surface area contributed by atoms with Gasteiger partial charge in [-0.15, -0.1) is 0 Å². The molecule has 3 rings (SSSR count). The predicted molar refractivity (Wildman–Crippen MR) is 95.8 cm³/mol. The van der Waals surface area contributed by atoms with Crippen LogP contribution in [0.3, 0.4) is 0 Å². The lowest BCUT2D eigenvalue weighted by Crippen LogP contribution is -2.39. The molecule has 0 aromatic rings. The Balaban J connectivity index is 1.92. The largest absolute Gasteiger partial charge is 0.322 e. The minimum absolute atomic E-state index is 0.122. The van der Waals surface area contributed by atoms with Gasteiger partial charge in [0.25, 0.3) is 0 Å². The molecule has 0 heterocycles. The van der Waals surface area contributed by atoms with E-state index in [9.17, 15) is 0 Å². The summed E-state index contributed by atoms with van der Waals surface area (Å²) < 4.78 is 0. The Morgan fingerprint density at radius 3 is 2.05 bits per heavy atom. The monoisotopic (exact) mass is 301 g/mol. The summed E-state index contributed by atoms with van der Waals surface area (Å²) in [6.07, 6.45) is 19.1. The van der Waals surface area contributed by atoms with Gasteiger partial charge in [0.2, 0.25) is 0 Å². The van der Waals surface area contributed by atoms with Gasteiger partial charge in [-0.05, 0) is 68.4 Å². The van der Waals surface area contributed by atoms with Gasteiger partial charge >= 0.3 is 0 Å². The highest BCUT2D eigenvalue weighted by Gasteiger charge is 2.36. The van der Waals surface area contributed by atoms with Crippen LogP contribution in [0, 0.1) is 11.8 Å². The van der Waals surface area contributed by atoms with Gasteiger partial charge in [0.15, 0.2) is 0 Å². The SMILES string of the molecule is CCC(C)(N)C1=CCC(C2CCCCC2)=C1C1CCCCC1. The van der Waals surface area contributed by atoms with Crippen LogP contribution in [0.2, 0.25) is 0 Å². The minimum Gasteiger partial charge on any atom is -0.322 e. The zero-order chi connectivity index (χ0) is 15.6. The Kier molecular flexibility index (Phi) is 5.12. The summed E-state index contributed by atoms with van der Waals surface area (Å²) in [4.78, 5) is 0. The second-order valence-corrected chi connectivity index (χ2v) is 8.20. The van der Waals surface area contributed by atoms with Gasteiger partial charge < -0.3 is 5.73 Å². The number of nitrogens with two attached hydrogens (primary N) is 1. The summed E-state index contributed by atoms with van der Waals surface area (Å²) in [5.41, 5.74) is 11.7. The Morgan fingerprint density at radius 1 is 0.955 bits per heavy atom. The van der Waals surface area contributed by atoms with E-state index in [0.29, 0.717) is 0 Å². The molecule has 22 heavy (non-hydrogen) atoms. The van der Waals surface area contributed by atoms with Crippen LogP contribution in [0.4, 0.5) is 0 Å². The van der Waals surface area contributed by atoms with Crippen molar-refractivity contribution < 1.29 is 0 Å². The lowest BCUT2D eigenvalue weighted by molar-refractivity contribution is 0.372. The van der Waals surface area contributed by atoms with Crippen LogP contribution in [-0.4, -0.2) is 5.54 Å². The Hall–Kier alpha value is -0.560. The molecule has 0 saturated heterocycles. The third-order valence-corrected chi connectivity index (χ3v) is 6.62. The molecule has 1 atom stereocenters. The van der Waals surface area contributed by atoms with E-state index in [0.717, 1.165) is 18.3 Å². The fraction of sp³-hybridized carbons (Fsp3) is 0.810. The third-order valence-electron chi connectivity index (χ3n) is 6.62. The lowest BCUT2D eigenvalue weighted by atomic mass is 9.72. The van der Waals surface area contributed by atoms with Crippen molar-refractivity contribution in [1.29, 1.82) is 0 Å². The van der Waals surface area contributed by atoms with Gasteiger partial charge in [-0.25, -0.2) is 0 Å². The van der Waals surface area contributed by atoms with E-state index < -0.39 is 0 Å². The topological polar surface area (TPSA) is 26.0 Å². The summed E-state index contributed by atoms with van der Waals surface area (Å²) in [7, 11) is 0. The minimum atomic E-state index is -0.122. The predicted octanol–water partition coefficient (Wildman–Crippen LogP) is 5.90. The molecule has 2 saturated carbocycles. The average Bonchev–Trinajstić information content (AvgIpc) is 3.02. The highest BCUT2D eigenvalue weighted by atomic mass is 14.7. The van der Waals surface area contributed by atoms with Crippen LogP contribution < -0.4 is 5.73 Å². The second kappa shape index (κ2) is 6.91. The number of hydrogen-bond donors (Lipinski definition) is 1. The molecule has 0 amide bonds. The molecular weight excluding hydrogens is 266 g/mol. The Morgan fingerprint density at radius 2 is 1.50 bits per heavy atom. The normalized spacial score (nSPS) is 27.9. The van der Waals surface area contributed by atoms with E-state index >= 15 is 0 Å². The van der Waals surface area contributed by atoms with Crippen LogP contribution in [0.5, 0.6) is 0 Å². The quantitative estimate of drug-likeness (QED) is 0.687. The maximum atomic E-state index is 6.71. The highest BCUT2D eigenvalue weighted by molar-refractivity contribution is 5.50. The van der Waals surface area contributed by atoms with Crippen LogP contribution in [0.1, 0.15) is 90.9 Å². The van der Waals surface area contributed by atoms with E-state index in [-0.39, 0.29) is 5.54 Å². The number of allylic oxidation sites excluding steroid dienone is 2. The van der Waals surface area contributed by atoms with Gasteiger partial charge in [-0.3, -0.25) is 0 Å². The van der Waals surface area contributed by atoms with Crippen molar-refractivity contribution >= 4 is 0 Å². The molecule has 0 spiro atoms. The van der Waals surface area contributed by atoms with E-state index in [1.807, 2.05) is 5.57 Å². The first-order valence-corrected chi connectivity index (χ1v) is 9.86. The summed E-state index contributed by atoms with van der Waals surface area (Å²) in [5.74, 6) is 1.68. The standard InChI is InChI=1S/C21H35N/c1-3-21(2,22)19-15-14-18(16-10-6-4-7-11-16)20(19)17-12-8-5-9-13-17/h15-17H,3-14,22H2,1-2H3. The molecule has 0 aromatic carbocycles. The van der Waals surface area contributed by atoms with Crippen molar-refractivity contribution in [2.75, 3.05) is 0 Å². The molecule has 1 nitrogen and oxygen atoms in total. The molecule has 124 valence electrons. The van der Waals surface area contributed by atoms with Gasteiger partial charge in [0.05, 0.1) is 0 Å². The maximum Gasteiger partial charge on any atom is 0.0378 e. The summed E-state index contributed by atoms with van der Waals surface area (Å²) in [6.45, 7) is 4.50. The van der Waals surface area contributed by atoms with Crippen molar-refractivity contribution in [3.8, 4) is 0 Å². The average molecular weight is 302 g/mol. The van der Waals surface area contributed by atoms with E-state index in [4.69, 9.17) is 5.73 Å². The molecule has 0 bridgehead atoms. The fourth-order valence-corrected chi connectivity index (χ4v) is 5.05. The first-order chi connectivity index (χ1) is 10.6. The van der Waals surface area contributed by atoms with Crippen LogP contribution >= 0.6 is 0 Å². The molecule has 0 aromatic heterocycles. The van der Waals surface area contributed by atoms with E-state index in [2.05, 4.69) is 19.9 Å². The highest BCUT2D eigenvalue weighted by Crippen LogP contribution is 2.47. The lowest BCUT2D eigenvalue weighted by Gasteiger charge is -2.35. The van der Waals surface area contributed by atoms with Crippen molar-refractivity contribution in [2.24, 2.45) is 17.6 Å². The molecule has 2 fully saturated rings. The molecule has 0 radical (unpaired) electrons. The number of rotatable bonds is 4.